The second-order valence-corrected chi connectivity index (χ2v) is 9.85. The predicted molar refractivity (Wildman–Crippen MR) is 81.5 cm³/mol. The lowest BCUT2D eigenvalue weighted by atomic mass is 9.63. The molecule has 3 aliphatic rings. The Bertz CT molecular complexity index is 694. The molecule has 1 aliphatic heterocycles. The minimum absolute atomic E-state index is 0.0989. The molecule has 0 amide bonds. The fourth-order valence-electron chi connectivity index (χ4n) is 5.77. The van der Waals surface area contributed by atoms with Crippen molar-refractivity contribution < 1.29 is 13.5 Å². The van der Waals surface area contributed by atoms with E-state index in [0.29, 0.717) is 12.3 Å². The molecular weight excluding hydrogens is 284 g/mol. The molecule has 4 unspecified atom stereocenters. The zero-order valence-electron chi connectivity index (χ0n) is 12.5. The van der Waals surface area contributed by atoms with E-state index in [4.69, 9.17) is 0 Å². The molecule has 2 aliphatic carbocycles. The maximum atomic E-state index is 12.9. The van der Waals surface area contributed by atoms with Gasteiger partial charge in [-0.15, -0.1) is 0 Å². The molecule has 114 valence electrons. The van der Waals surface area contributed by atoms with Crippen LogP contribution in [0.3, 0.4) is 0 Å². The summed E-state index contributed by atoms with van der Waals surface area (Å²) < 4.78 is 25.8. The minimum Gasteiger partial charge on any atom is -0.388 e. The van der Waals surface area contributed by atoms with E-state index < -0.39 is 26.1 Å². The van der Waals surface area contributed by atoms with E-state index >= 15 is 0 Å². The van der Waals surface area contributed by atoms with Crippen LogP contribution in [0.5, 0.6) is 0 Å². The fourth-order valence-corrected chi connectivity index (χ4v) is 8.88. The fraction of sp³-hybridized carbons (Fsp3) is 0.647. The first-order valence-electron chi connectivity index (χ1n) is 7.74. The van der Waals surface area contributed by atoms with Crippen molar-refractivity contribution in [1.82, 2.24) is 0 Å². The lowest BCUT2D eigenvalue weighted by Gasteiger charge is -2.43. The molecule has 0 aromatic heterocycles. The highest BCUT2D eigenvalue weighted by Crippen LogP contribution is 2.76. The van der Waals surface area contributed by atoms with Crippen molar-refractivity contribution in [3.8, 4) is 0 Å². The SMILES string of the molecule is CC1(C)C2CCC13CS(=O)(=O)C(c1ccccc1)C3(O)C2. The van der Waals surface area contributed by atoms with Gasteiger partial charge in [-0.05, 0) is 36.2 Å². The lowest BCUT2D eigenvalue weighted by molar-refractivity contribution is -0.0780. The topological polar surface area (TPSA) is 54.4 Å². The van der Waals surface area contributed by atoms with Crippen LogP contribution < -0.4 is 0 Å². The molecule has 1 heterocycles. The van der Waals surface area contributed by atoms with E-state index in [1.165, 1.54) is 0 Å². The first-order chi connectivity index (χ1) is 9.75. The van der Waals surface area contributed by atoms with Gasteiger partial charge in [-0.1, -0.05) is 44.2 Å². The maximum absolute atomic E-state index is 12.9. The Morgan fingerprint density at radius 2 is 1.86 bits per heavy atom. The van der Waals surface area contributed by atoms with E-state index in [0.717, 1.165) is 18.4 Å². The maximum Gasteiger partial charge on any atom is 0.160 e. The molecule has 1 saturated heterocycles. The average Bonchev–Trinajstić information content (AvgIpc) is 2.82. The predicted octanol–water partition coefficient (Wildman–Crippen LogP) is 2.71. The highest BCUT2D eigenvalue weighted by molar-refractivity contribution is 7.92. The number of benzene rings is 1. The minimum atomic E-state index is -3.32. The van der Waals surface area contributed by atoms with Crippen LogP contribution in [0.25, 0.3) is 0 Å². The summed E-state index contributed by atoms with van der Waals surface area (Å²) in [6.45, 7) is 4.32. The molecule has 4 rings (SSSR count). The highest BCUT2D eigenvalue weighted by Gasteiger charge is 2.79. The van der Waals surface area contributed by atoms with Gasteiger partial charge < -0.3 is 5.11 Å². The van der Waals surface area contributed by atoms with Gasteiger partial charge in [0.25, 0.3) is 0 Å². The van der Waals surface area contributed by atoms with Crippen molar-refractivity contribution in [2.75, 3.05) is 5.75 Å². The molecule has 3 fully saturated rings. The van der Waals surface area contributed by atoms with Gasteiger partial charge in [-0.25, -0.2) is 8.42 Å². The van der Waals surface area contributed by atoms with Crippen LogP contribution in [0.1, 0.15) is 43.9 Å². The molecule has 1 aromatic rings. The number of sulfone groups is 1. The Hall–Kier alpha value is -0.870. The second kappa shape index (κ2) is 3.72. The summed E-state index contributed by atoms with van der Waals surface area (Å²) in [7, 11) is -3.32. The molecule has 4 heteroatoms. The largest absolute Gasteiger partial charge is 0.388 e. The summed E-state index contributed by atoms with van der Waals surface area (Å²) in [5, 5.41) is 10.8. The van der Waals surface area contributed by atoms with Gasteiger partial charge in [0.15, 0.2) is 9.84 Å². The third-order valence-electron chi connectivity index (χ3n) is 6.90. The van der Waals surface area contributed by atoms with Crippen LogP contribution >= 0.6 is 0 Å². The molecule has 21 heavy (non-hydrogen) atoms. The molecule has 1 N–H and O–H groups in total. The normalized spacial score (nSPS) is 45.7. The van der Waals surface area contributed by atoms with Gasteiger partial charge in [-0.3, -0.25) is 0 Å². The third kappa shape index (κ3) is 1.36. The standard InChI is InChI=1S/C17H22O3S/c1-15(2)13-8-9-16(15)11-21(19,20)14(17(16,18)10-13)12-6-4-3-5-7-12/h3-7,13-14,18H,8-11H2,1-2H3. The summed E-state index contributed by atoms with van der Waals surface area (Å²) in [5.41, 5.74) is -0.915. The van der Waals surface area contributed by atoms with E-state index in [9.17, 15) is 13.5 Å². The number of hydrogen-bond donors (Lipinski definition) is 1. The lowest BCUT2D eigenvalue weighted by Crippen LogP contribution is -2.49. The third-order valence-corrected chi connectivity index (χ3v) is 9.18. The van der Waals surface area contributed by atoms with Gasteiger partial charge in [0.05, 0.1) is 11.4 Å². The second-order valence-electron chi connectivity index (χ2n) is 7.77. The van der Waals surface area contributed by atoms with E-state index in [2.05, 4.69) is 13.8 Å². The van der Waals surface area contributed by atoms with E-state index in [1.807, 2.05) is 30.3 Å². The molecule has 3 nitrogen and oxygen atoms in total. The van der Waals surface area contributed by atoms with Gasteiger partial charge in [0.2, 0.25) is 0 Å². The van der Waals surface area contributed by atoms with Gasteiger partial charge in [0, 0.05) is 5.41 Å². The number of aliphatic hydroxyl groups is 1. The summed E-state index contributed by atoms with van der Waals surface area (Å²) in [6, 6.07) is 9.29. The van der Waals surface area contributed by atoms with Crippen molar-refractivity contribution in [2.24, 2.45) is 16.7 Å². The van der Waals surface area contributed by atoms with Crippen molar-refractivity contribution in [3.63, 3.8) is 0 Å². The molecule has 4 atom stereocenters. The molecule has 0 radical (unpaired) electrons. The van der Waals surface area contributed by atoms with Gasteiger partial charge in [-0.2, -0.15) is 0 Å². The first-order valence-corrected chi connectivity index (χ1v) is 9.45. The van der Waals surface area contributed by atoms with Crippen LogP contribution in [-0.2, 0) is 9.84 Å². The zero-order valence-corrected chi connectivity index (χ0v) is 13.4. The van der Waals surface area contributed by atoms with Crippen LogP contribution in [0.4, 0.5) is 0 Å². The Balaban J connectivity index is 1.95. The highest BCUT2D eigenvalue weighted by atomic mass is 32.2. The zero-order chi connectivity index (χ0) is 15.1. The van der Waals surface area contributed by atoms with E-state index in [1.54, 1.807) is 0 Å². The van der Waals surface area contributed by atoms with Gasteiger partial charge >= 0.3 is 0 Å². The van der Waals surface area contributed by atoms with Crippen molar-refractivity contribution in [2.45, 2.75) is 44.0 Å². The Kier molecular flexibility index (Phi) is 2.44. The Morgan fingerprint density at radius 1 is 1.19 bits per heavy atom. The molecule has 2 saturated carbocycles. The van der Waals surface area contributed by atoms with Crippen LogP contribution in [-0.4, -0.2) is 24.9 Å². The molecule has 2 bridgehead atoms. The van der Waals surface area contributed by atoms with Crippen molar-refractivity contribution in [1.29, 1.82) is 0 Å². The monoisotopic (exact) mass is 306 g/mol. The van der Waals surface area contributed by atoms with E-state index in [-0.39, 0.29) is 11.2 Å². The first kappa shape index (κ1) is 13.8. The van der Waals surface area contributed by atoms with Crippen LogP contribution in [0, 0.1) is 16.7 Å². The summed E-state index contributed by atoms with van der Waals surface area (Å²) in [5.74, 6) is 0.573. The smallest absolute Gasteiger partial charge is 0.160 e. The van der Waals surface area contributed by atoms with Crippen LogP contribution in [0.15, 0.2) is 30.3 Å². The number of hydrogen-bond acceptors (Lipinski definition) is 3. The van der Waals surface area contributed by atoms with Crippen molar-refractivity contribution in [3.05, 3.63) is 35.9 Å². The summed E-state index contributed by atoms with van der Waals surface area (Å²) in [4.78, 5) is 0. The van der Waals surface area contributed by atoms with Gasteiger partial charge in [0.1, 0.15) is 5.25 Å². The molecular formula is C17H22O3S. The summed E-state index contributed by atoms with van der Waals surface area (Å²) >= 11 is 0. The quantitative estimate of drug-likeness (QED) is 0.868. The number of rotatable bonds is 1. The van der Waals surface area contributed by atoms with Crippen LogP contribution in [0.2, 0.25) is 0 Å². The Labute approximate surface area is 126 Å². The molecule has 1 spiro atoms. The average molecular weight is 306 g/mol. The number of fused-ring (bicyclic) bond motifs is 1. The summed E-state index contributed by atoms with van der Waals surface area (Å²) in [6.07, 6.45) is 2.51. The van der Waals surface area contributed by atoms with Crippen molar-refractivity contribution >= 4 is 9.84 Å². The molecule has 1 aromatic carbocycles. The Morgan fingerprint density at radius 3 is 2.48 bits per heavy atom.